The molecule has 6 heteroatoms. The maximum absolute atomic E-state index is 12.0. The van der Waals surface area contributed by atoms with Gasteiger partial charge in [-0.3, -0.25) is 4.79 Å². The number of carbonyl (C=O) groups is 1. The first-order valence-corrected chi connectivity index (χ1v) is 5.67. The Morgan fingerprint density at radius 1 is 1.41 bits per heavy atom. The molecule has 0 fully saturated rings. The number of rotatable bonds is 3. The molecule has 1 aromatic rings. The van der Waals surface area contributed by atoms with Gasteiger partial charge in [-0.1, -0.05) is 15.9 Å². The molecule has 0 spiro atoms. The lowest BCUT2D eigenvalue weighted by atomic mass is 10.0. The fourth-order valence-electron chi connectivity index (χ4n) is 1.32. The summed E-state index contributed by atoms with van der Waals surface area (Å²) in [6.45, 7) is 3.22. The summed E-state index contributed by atoms with van der Waals surface area (Å²) in [5, 5.41) is 0. The second kappa shape index (κ2) is 5.08. The summed E-state index contributed by atoms with van der Waals surface area (Å²) in [6, 6.07) is 3.65. The number of carbonyl (C=O) groups excluding carboxylic acids is 1. The molecule has 0 amide bonds. The van der Waals surface area contributed by atoms with Crippen LogP contribution in [0.5, 0.6) is 5.75 Å². The van der Waals surface area contributed by atoms with Crippen LogP contribution < -0.4 is 4.74 Å². The molecule has 0 saturated heterocycles. The lowest BCUT2D eigenvalue weighted by Gasteiger charge is -2.11. The SMILES string of the molecule is Cc1cc(OC(F)(F)F)ccc1C(=O)C(C)Br. The summed E-state index contributed by atoms with van der Waals surface area (Å²) in [5.41, 5.74) is 0.826. The minimum Gasteiger partial charge on any atom is -0.406 e. The highest BCUT2D eigenvalue weighted by atomic mass is 79.9. The molecule has 0 aliphatic heterocycles. The molecule has 1 rings (SSSR count). The highest BCUT2D eigenvalue weighted by molar-refractivity contribution is 9.10. The molecule has 0 aliphatic rings. The van der Waals surface area contributed by atoms with E-state index in [0.29, 0.717) is 11.1 Å². The van der Waals surface area contributed by atoms with Gasteiger partial charge in [0.1, 0.15) is 5.75 Å². The largest absolute Gasteiger partial charge is 0.573 e. The molecule has 0 aromatic heterocycles. The first-order chi connectivity index (χ1) is 7.70. The highest BCUT2D eigenvalue weighted by Crippen LogP contribution is 2.25. The topological polar surface area (TPSA) is 26.3 Å². The van der Waals surface area contributed by atoms with Gasteiger partial charge in [-0.2, -0.15) is 0 Å². The van der Waals surface area contributed by atoms with E-state index >= 15 is 0 Å². The average Bonchev–Trinajstić information content (AvgIpc) is 2.14. The maximum Gasteiger partial charge on any atom is 0.573 e. The Morgan fingerprint density at radius 3 is 2.41 bits per heavy atom. The minimum atomic E-state index is -4.72. The third kappa shape index (κ3) is 4.03. The molecule has 1 atom stereocenters. The molecule has 2 nitrogen and oxygen atoms in total. The number of hydrogen-bond acceptors (Lipinski definition) is 2. The summed E-state index contributed by atoms with van der Waals surface area (Å²) in [7, 11) is 0. The Kier molecular flexibility index (Phi) is 4.19. The predicted octanol–water partition coefficient (Wildman–Crippen LogP) is 3.86. The van der Waals surface area contributed by atoms with Crippen molar-refractivity contribution in [3.05, 3.63) is 29.3 Å². The monoisotopic (exact) mass is 310 g/mol. The maximum atomic E-state index is 12.0. The van der Waals surface area contributed by atoms with Crippen LogP contribution in [-0.2, 0) is 0 Å². The van der Waals surface area contributed by atoms with Crippen LogP contribution in [0.2, 0.25) is 0 Å². The Bertz CT molecular complexity index is 427. The van der Waals surface area contributed by atoms with Crippen LogP contribution in [0.15, 0.2) is 18.2 Å². The first-order valence-electron chi connectivity index (χ1n) is 4.75. The zero-order chi connectivity index (χ0) is 13.2. The smallest absolute Gasteiger partial charge is 0.406 e. The van der Waals surface area contributed by atoms with Gasteiger partial charge in [-0.25, -0.2) is 0 Å². The van der Waals surface area contributed by atoms with Crippen molar-refractivity contribution in [3.8, 4) is 5.75 Å². The van der Waals surface area contributed by atoms with Crippen molar-refractivity contribution in [3.63, 3.8) is 0 Å². The van der Waals surface area contributed by atoms with E-state index in [1.165, 1.54) is 12.1 Å². The number of aryl methyl sites for hydroxylation is 1. The van der Waals surface area contributed by atoms with Crippen molar-refractivity contribution in [2.24, 2.45) is 0 Å². The minimum absolute atomic E-state index is 0.180. The number of ketones is 1. The lowest BCUT2D eigenvalue weighted by molar-refractivity contribution is -0.274. The van der Waals surface area contributed by atoms with Gasteiger partial charge in [0.15, 0.2) is 5.78 Å². The predicted molar refractivity (Wildman–Crippen MR) is 60.6 cm³/mol. The van der Waals surface area contributed by atoms with Crippen LogP contribution >= 0.6 is 15.9 Å². The third-order valence-electron chi connectivity index (χ3n) is 2.06. The van der Waals surface area contributed by atoms with Gasteiger partial charge < -0.3 is 4.74 Å². The van der Waals surface area contributed by atoms with E-state index in [9.17, 15) is 18.0 Å². The van der Waals surface area contributed by atoms with Crippen LogP contribution in [0.4, 0.5) is 13.2 Å². The van der Waals surface area contributed by atoms with Crippen molar-refractivity contribution in [2.45, 2.75) is 25.0 Å². The fraction of sp³-hybridized carbons (Fsp3) is 0.364. The van der Waals surface area contributed by atoms with Gasteiger partial charge in [0, 0.05) is 5.56 Å². The van der Waals surface area contributed by atoms with Gasteiger partial charge in [-0.05, 0) is 37.6 Å². The fourth-order valence-corrected chi connectivity index (χ4v) is 1.57. The Balaban J connectivity index is 2.98. The molecule has 1 aromatic carbocycles. The van der Waals surface area contributed by atoms with Crippen molar-refractivity contribution in [1.29, 1.82) is 0 Å². The first kappa shape index (κ1) is 14.0. The Morgan fingerprint density at radius 2 is 2.00 bits per heavy atom. The Labute approximate surface area is 105 Å². The van der Waals surface area contributed by atoms with Gasteiger partial charge in [-0.15, -0.1) is 13.2 Å². The van der Waals surface area contributed by atoms with E-state index in [-0.39, 0.29) is 16.4 Å². The van der Waals surface area contributed by atoms with Crippen molar-refractivity contribution >= 4 is 21.7 Å². The average molecular weight is 311 g/mol. The number of hydrogen-bond donors (Lipinski definition) is 0. The standard InChI is InChI=1S/C11H10BrF3O2/c1-6-5-8(17-11(13,14)15)3-4-9(6)10(16)7(2)12/h3-5,7H,1-2H3. The number of halogens is 4. The molecule has 0 N–H and O–H groups in total. The number of benzene rings is 1. The molecule has 17 heavy (non-hydrogen) atoms. The summed E-state index contributed by atoms with van der Waals surface area (Å²) in [5.74, 6) is -0.505. The van der Waals surface area contributed by atoms with Gasteiger partial charge in [0.25, 0.3) is 0 Å². The zero-order valence-electron chi connectivity index (χ0n) is 9.14. The number of Topliss-reactive ketones (excluding diaryl/α,β-unsaturated/α-hetero) is 1. The second-order valence-corrected chi connectivity index (χ2v) is 4.88. The van der Waals surface area contributed by atoms with E-state index in [1.54, 1.807) is 13.8 Å². The van der Waals surface area contributed by atoms with E-state index in [0.717, 1.165) is 6.07 Å². The second-order valence-electron chi connectivity index (χ2n) is 3.50. The molecular formula is C11H10BrF3O2. The third-order valence-corrected chi connectivity index (χ3v) is 2.47. The molecule has 0 bridgehead atoms. The van der Waals surface area contributed by atoms with Gasteiger partial charge in [0.2, 0.25) is 0 Å². The molecule has 0 heterocycles. The summed E-state index contributed by atoms with van der Waals surface area (Å²) >= 11 is 3.12. The van der Waals surface area contributed by atoms with Crippen LogP contribution in [0.3, 0.4) is 0 Å². The zero-order valence-corrected chi connectivity index (χ0v) is 10.7. The molecule has 94 valence electrons. The molecule has 0 aliphatic carbocycles. The van der Waals surface area contributed by atoms with E-state index in [1.807, 2.05) is 0 Å². The van der Waals surface area contributed by atoms with E-state index in [2.05, 4.69) is 20.7 Å². The van der Waals surface area contributed by atoms with Gasteiger partial charge in [0.05, 0.1) is 4.83 Å². The molecular weight excluding hydrogens is 301 g/mol. The molecule has 1 unspecified atom stereocenters. The van der Waals surface area contributed by atoms with Crippen LogP contribution in [0.25, 0.3) is 0 Å². The lowest BCUT2D eigenvalue weighted by Crippen LogP contribution is -2.17. The summed E-state index contributed by atoms with van der Waals surface area (Å²) in [6.07, 6.45) is -4.72. The molecule has 0 saturated carbocycles. The van der Waals surface area contributed by atoms with Crippen molar-refractivity contribution in [1.82, 2.24) is 0 Å². The number of ether oxygens (including phenoxy) is 1. The van der Waals surface area contributed by atoms with E-state index in [4.69, 9.17) is 0 Å². The number of alkyl halides is 4. The van der Waals surface area contributed by atoms with Crippen molar-refractivity contribution in [2.75, 3.05) is 0 Å². The van der Waals surface area contributed by atoms with Crippen LogP contribution in [0.1, 0.15) is 22.8 Å². The van der Waals surface area contributed by atoms with Gasteiger partial charge >= 0.3 is 6.36 Å². The van der Waals surface area contributed by atoms with Crippen LogP contribution in [0, 0.1) is 6.92 Å². The van der Waals surface area contributed by atoms with E-state index < -0.39 is 6.36 Å². The Hall–Kier alpha value is -1.04. The normalized spacial score (nSPS) is 13.3. The van der Waals surface area contributed by atoms with Crippen molar-refractivity contribution < 1.29 is 22.7 Å². The quantitative estimate of drug-likeness (QED) is 0.626. The summed E-state index contributed by atoms with van der Waals surface area (Å²) in [4.78, 5) is 11.3. The van der Waals surface area contributed by atoms with Crippen LogP contribution in [-0.4, -0.2) is 17.0 Å². The summed E-state index contributed by atoms with van der Waals surface area (Å²) < 4.78 is 39.6. The highest BCUT2D eigenvalue weighted by Gasteiger charge is 2.31. The molecule has 0 radical (unpaired) electrons.